The largest absolute Gasteiger partial charge is 1.00 e. The molecule has 0 aliphatic carbocycles. The maximum absolute atomic E-state index is 10.3. The first-order chi connectivity index (χ1) is 19.5. The number of carboxylic acid groups (broad SMARTS) is 2. The minimum atomic E-state index is -1.08. The van der Waals surface area contributed by atoms with Gasteiger partial charge in [-0.1, -0.05) is 187 Å². The van der Waals surface area contributed by atoms with Gasteiger partial charge in [0.1, 0.15) is 0 Å². The van der Waals surface area contributed by atoms with E-state index in [1.807, 2.05) is 0 Å². The van der Waals surface area contributed by atoms with Gasteiger partial charge < -0.3 is 15.0 Å². The molecule has 0 aromatic rings. The number of hydrogen-bond acceptors (Lipinski definition) is 3. The molecule has 0 bridgehead atoms. The molecular weight excluding hydrogens is 519 g/mol. The van der Waals surface area contributed by atoms with Gasteiger partial charge in [0.05, 0.1) is 5.97 Å². The SMILES string of the molecule is CCCCCCCCCCCCCCCC=CC(=O)[O-].CCCCCCCCCCCCCCCCCC(=O)O.[Na+]. The molecule has 1 N–H and O–H groups in total. The van der Waals surface area contributed by atoms with Crippen LogP contribution in [-0.4, -0.2) is 17.0 Å². The average Bonchev–Trinajstić information content (AvgIpc) is 2.93. The van der Waals surface area contributed by atoms with E-state index >= 15 is 0 Å². The molecule has 0 aliphatic rings. The van der Waals surface area contributed by atoms with Crippen molar-refractivity contribution in [3.8, 4) is 0 Å². The fraction of sp³-hybridized carbons (Fsp3) is 0.889. The van der Waals surface area contributed by atoms with Crippen LogP contribution in [0.5, 0.6) is 0 Å². The summed E-state index contributed by atoms with van der Waals surface area (Å²) < 4.78 is 0. The zero-order valence-corrected chi connectivity index (χ0v) is 30.0. The minimum Gasteiger partial charge on any atom is -0.545 e. The van der Waals surface area contributed by atoms with Gasteiger partial charge in [0.15, 0.2) is 0 Å². The number of allylic oxidation sites excluding steroid dienone is 1. The van der Waals surface area contributed by atoms with E-state index in [4.69, 9.17) is 5.11 Å². The summed E-state index contributed by atoms with van der Waals surface area (Å²) >= 11 is 0. The summed E-state index contributed by atoms with van der Waals surface area (Å²) in [7, 11) is 0. The topological polar surface area (TPSA) is 77.4 Å². The first-order valence-corrected chi connectivity index (χ1v) is 17.6. The van der Waals surface area contributed by atoms with Gasteiger partial charge in [0, 0.05) is 6.42 Å². The molecule has 0 aromatic heterocycles. The Morgan fingerprint density at radius 1 is 0.488 bits per heavy atom. The zero-order chi connectivity index (χ0) is 29.8. The molecule has 0 atom stereocenters. The second-order valence-corrected chi connectivity index (χ2v) is 11.8. The molecule has 238 valence electrons. The molecule has 4 nitrogen and oxygen atoms in total. The van der Waals surface area contributed by atoms with Crippen LogP contribution in [-0.2, 0) is 9.59 Å². The number of unbranched alkanes of at least 4 members (excludes halogenated alkanes) is 27. The number of carboxylic acids is 2. The molecule has 0 unspecified atom stereocenters. The Morgan fingerprint density at radius 2 is 0.756 bits per heavy atom. The molecule has 0 spiro atoms. The predicted octanol–water partition coefficient (Wildman–Crippen LogP) is 8.11. The van der Waals surface area contributed by atoms with Crippen molar-refractivity contribution >= 4 is 11.9 Å². The molecular formula is C36H69NaO4. The summed E-state index contributed by atoms with van der Waals surface area (Å²) in [5, 5.41) is 18.7. The van der Waals surface area contributed by atoms with Crippen LogP contribution in [0.25, 0.3) is 0 Å². The van der Waals surface area contributed by atoms with Gasteiger partial charge in [-0.05, 0) is 25.3 Å². The first-order valence-electron chi connectivity index (χ1n) is 17.6. The van der Waals surface area contributed by atoms with Crippen LogP contribution >= 0.6 is 0 Å². The molecule has 0 saturated carbocycles. The second kappa shape index (κ2) is 41.8. The predicted molar refractivity (Wildman–Crippen MR) is 172 cm³/mol. The number of carbonyl (C=O) groups is 2. The Balaban J connectivity index is -0.000000688. The molecule has 0 rings (SSSR count). The molecule has 0 aliphatic heterocycles. The second-order valence-electron chi connectivity index (χ2n) is 11.8. The van der Waals surface area contributed by atoms with Crippen molar-refractivity contribution in [2.24, 2.45) is 0 Å². The Kier molecular flexibility index (Phi) is 46.0. The van der Waals surface area contributed by atoms with Crippen molar-refractivity contribution in [2.75, 3.05) is 0 Å². The molecule has 0 aromatic carbocycles. The third-order valence-electron chi connectivity index (χ3n) is 7.72. The number of aliphatic carboxylic acids is 2. The van der Waals surface area contributed by atoms with Gasteiger partial charge in [-0.15, -0.1) is 0 Å². The molecule has 0 amide bonds. The van der Waals surface area contributed by atoms with E-state index in [0.29, 0.717) is 6.42 Å². The van der Waals surface area contributed by atoms with Gasteiger partial charge in [-0.2, -0.15) is 0 Å². The maximum Gasteiger partial charge on any atom is 1.00 e. The van der Waals surface area contributed by atoms with Crippen molar-refractivity contribution in [3.63, 3.8) is 0 Å². The van der Waals surface area contributed by atoms with Crippen molar-refractivity contribution in [3.05, 3.63) is 12.2 Å². The number of carbonyl (C=O) groups excluding carboxylic acids is 1. The number of rotatable bonds is 31. The summed E-state index contributed by atoms with van der Waals surface area (Å²) in [5.74, 6) is -1.74. The minimum absolute atomic E-state index is 0. The van der Waals surface area contributed by atoms with Gasteiger partial charge in [-0.25, -0.2) is 0 Å². The zero-order valence-electron chi connectivity index (χ0n) is 28.0. The van der Waals surface area contributed by atoms with Crippen LogP contribution in [0.3, 0.4) is 0 Å². The van der Waals surface area contributed by atoms with Gasteiger partial charge >= 0.3 is 35.5 Å². The Hall–Kier alpha value is -0.320. The monoisotopic (exact) mass is 589 g/mol. The smallest absolute Gasteiger partial charge is 0.545 e. The third-order valence-corrected chi connectivity index (χ3v) is 7.72. The average molecular weight is 589 g/mol. The van der Waals surface area contributed by atoms with E-state index in [-0.39, 0.29) is 29.6 Å². The molecule has 0 heterocycles. The third kappa shape index (κ3) is 49.7. The van der Waals surface area contributed by atoms with Crippen LogP contribution in [0.1, 0.15) is 206 Å². The molecule has 0 saturated heterocycles. The summed E-state index contributed by atoms with van der Waals surface area (Å²) in [4.78, 5) is 20.5. The number of hydrogen-bond donors (Lipinski definition) is 1. The quantitative estimate of drug-likeness (QED) is 0.0504. The maximum atomic E-state index is 10.3. The molecule has 0 fully saturated rings. The standard InChI is InChI=1S/C18H36O2.C18H34O2.Na/c2*1-2-3-4-5-6-7-8-9-10-11-12-13-14-15-16-17-18(19)20;/h2-17H2,1H3,(H,19,20);16-17H,2-15H2,1H3,(H,19,20);/q;;+1/p-1. The fourth-order valence-electron chi connectivity index (χ4n) is 5.11. The summed E-state index contributed by atoms with van der Waals surface area (Å²) in [6, 6.07) is 0. The fourth-order valence-corrected chi connectivity index (χ4v) is 5.11. The van der Waals surface area contributed by atoms with E-state index in [1.54, 1.807) is 6.08 Å². The molecule has 0 radical (unpaired) electrons. The van der Waals surface area contributed by atoms with Gasteiger partial charge in [-0.3, -0.25) is 4.79 Å². The summed E-state index contributed by atoms with van der Waals surface area (Å²) in [6.45, 7) is 4.53. The Bertz CT molecular complexity index is 536. The van der Waals surface area contributed by atoms with E-state index in [0.717, 1.165) is 31.8 Å². The normalized spacial score (nSPS) is 10.8. The Morgan fingerprint density at radius 3 is 1.02 bits per heavy atom. The van der Waals surface area contributed by atoms with Crippen molar-refractivity contribution < 1.29 is 49.4 Å². The summed E-state index contributed by atoms with van der Waals surface area (Å²) in [5.41, 5.74) is 0. The van der Waals surface area contributed by atoms with Crippen molar-refractivity contribution in [1.29, 1.82) is 0 Å². The van der Waals surface area contributed by atoms with Crippen LogP contribution in [0.15, 0.2) is 12.2 Å². The van der Waals surface area contributed by atoms with E-state index in [9.17, 15) is 14.7 Å². The van der Waals surface area contributed by atoms with Crippen LogP contribution in [0.2, 0.25) is 0 Å². The van der Waals surface area contributed by atoms with Crippen LogP contribution in [0, 0.1) is 0 Å². The van der Waals surface area contributed by atoms with Gasteiger partial charge in [0.25, 0.3) is 0 Å². The first kappa shape index (κ1) is 45.1. The van der Waals surface area contributed by atoms with Crippen LogP contribution in [0.4, 0.5) is 0 Å². The van der Waals surface area contributed by atoms with E-state index < -0.39 is 11.9 Å². The van der Waals surface area contributed by atoms with Crippen LogP contribution < -0.4 is 34.7 Å². The van der Waals surface area contributed by atoms with E-state index in [2.05, 4.69) is 13.8 Å². The van der Waals surface area contributed by atoms with Gasteiger partial charge in [0.2, 0.25) is 0 Å². The van der Waals surface area contributed by atoms with Crippen molar-refractivity contribution in [2.45, 2.75) is 206 Å². The van der Waals surface area contributed by atoms with Crippen molar-refractivity contribution in [1.82, 2.24) is 0 Å². The summed E-state index contributed by atoms with van der Waals surface area (Å²) in [6.07, 6.45) is 41.4. The van der Waals surface area contributed by atoms with E-state index in [1.165, 1.54) is 161 Å². The molecule has 41 heavy (non-hydrogen) atoms. The molecule has 5 heteroatoms. The Labute approximate surface area is 278 Å².